The maximum atomic E-state index is 17.0. The Kier molecular flexibility index (Phi) is 7.25. The molecule has 4 aliphatic rings. The number of halogens is 4. The SMILES string of the molecule is N#Cc1c(N)sc2c(F)ccc(-c3c(Cl)cc4c(N5CCCCC6(CNC6)C5)nc(OC[C@@]56CCCN5C[C@H](F)C6)nc4c3F)c12. The van der Waals surface area contributed by atoms with Crippen molar-refractivity contribution in [3.05, 3.63) is 40.4 Å². The molecule has 0 radical (unpaired) electrons. The van der Waals surface area contributed by atoms with Gasteiger partial charge in [-0.15, -0.1) is 11.3 Å². The number of rotatable bonds is 5. The summed E-state index contributed by atoms with van der Waals surface area (Å²) in [7, 11) is 0. The molecule has 2 aromatic carbocycles. The highest BCUT2D eigenvalue weighted by Gasteiger charge is 2.49. The molecule has 2 atom stereocenters. The molecule has 4 fully saturated rings. The zero-order chi connectivity index (χ0) is 31.8. The van der Waals surface area contributed by atoms with Crippen LogP contribution in [0.2, 0.25) is 5.02 Å². The molecule has 3 N–H and O–H groups in total. The Morgan fingerprint density at radius 2 is 2.02 bits per heavy atom. The lowest BCUT2D eigenvalue weighted by Crippen LogP contribution is -2.58. The van der Waals surface area contributed by atoms with Crippen molar-refractivity contribution in [2.24, 2.45) is 5.41 Å². The number of nitrogens with two attached hydrogens (primary N) is 1. The van der Waals surface area contributed by atoms with Gasteiger partial charge in [0, 0.05) is 60.9 Å². The van der Waals surface area contributed by atoms with Gasteiger partial charge in [-0.25, -0.2) is 13.2 Å². The number of alkyl halides is 1. The number of benzene rings is 2. The average Bonchev–Trinajstić information content (AvgIpc) is 3.59. The number of hydrogen-bond donors (Lipinski definition) is 2. The number of fused-ring (bicyclic) bond motifs is 3. The summed E-state index contributed by atoms with van der Waals surface area (Å²) < 4.78 is 52.8. The third-order valence-electron chi connectivity index (χ3n) is 10.5. The van der Waals surface area contributed by atoms with Gasteiger partial charge in [0.05, 0.1) is 20.8 Å². The van der Waals surface area contributed by atoms with Crippen LogP contribution in [-0.4, -0.2) is 72.5 Å². The third-order valence-corrected chi connectivity index (χ3v) is 11.8. The van der Waals surface area contributed by atoms with Crippen molar-refractivity contribution in [2.45, 2.75) is 50.2 Å². The van der Waals surface area contributed by atoms with Crippen molar-refractivity contribution in [1.82, 2.24) is 20.2 Å². The number of nitrogen functional groups attached to an aromatic ring is 1. The van der Waals surface area contributed by atoms with Gasteiger partial charge in [0.1, 0.15) is 41.0 Å². The molecule has 0 unspecified atom stereocenters. The zero-order valence-electron chi connectivity index (χ0n) is 25.1. The summed E-state index contributed by atoms with van der Waals surface area (Å²) >= 11 is 7.82. The van der Waals surface area contributed by atoms with Crippen LogP contribution in [0.15, 0.2) is 18.2 Å². The minimum Gasteiger partial charge on any atom is -0.461 e. The molecule has 0 aliphatic carbocycles. The van der Waals surface area contributed by atoms with E-state index >= 15 is 4.39 Å². The number of aromatic nitrogens is 2. The lowest BCUT2D eigenvalue weighted by molar-refractivity contribution is 0.107. The van der Waals surface area contributed by atoms with Crippen molar-refractivity contribution in [1.29, 1.82) is 5.26 Å². The Hall–Kier alpha value is -3.37. The summed E-state index contributed by atoms with van der Waals surface area (Å²) in [5.41, 5.74) is 6.09. The smallest absolute Gasteiger partial charge is 0.319 e. The van der Waals surface area contributed by atoms with E-state index in [-0.39, 0.29) is 60.3 Å². The van der Waals surface area contributed by atoms with E-state index in [0.717, 1.165) is 76.2 Å². The minimum absolute atomic E-state index is 0.00350. The van der Waals surface area contributed by atoms with E-state index in [9.17, 15) is 14.0 Å². The zero-order valence-corrected chi connectivity index (χ0v) is 26.7. The van der Waals surface area contributed by atoms with E-state index in [1.807, 2.05) is 6.07 Å². The Labute approximate surface area is 273 Å². The van der Waals surface area contributed by atoms with Crippen LogP contribution < -0.4 is 20.7 Å². The number of anilines is 2. The highest BCUT2D eigenvalue weighted by atomic mass is 35.5. The number of ether oxygens (including phenoxy) is 1. The van der Waals surface area contributed by atoms with Crippen molar-refractivity contribution < 1.29 is 17.9 Å². The number of nitrogens with one attached hydrogen (secondary N) is 1. The maximum absolute atomic E-state index is 17.0. The second-order valence-electron chi connectivity index (χ2n) is 13.4. The number of thiophene rings is 1. The predicted molar refractivity (Wildman–Crippen MR) is 174 cm³/mol. The van der Waals surface area contributed by atoms with E-state index < -0.39 is 23.3 Å². The van der Waals surface area contributed by atoms with E-state index in [1.165, 1.54) is 12.1 Å². The summed E-state index contributed by atoms with van der Waals surface area (Å²) in [6.07, 6.45) is 4.38. The largest absolute Gasteiger partial charge is 0.461 e. The molecule has 8 nitrogen and oxygen atoms in total. The Morgan fingerprint density at radius 1 is 1.17 bits per heavy atom. The number of nitrogens with zero attached hydrogens (tertiary/aromatic N) is 5. The molecule has 46 heavy (non-hydrogen) atoms. The van der Waals surface area contributed by atoms with E-state index in [2.05, 4.69) is 20.1 Å². The van der Waals surface area contributed by atoms with Gasteiger partial charge in [-0.3, -0.25) is 4.90 Å². The van der Waals surface area contributed by atoms with Crippen LogP contribution in [0.5, 0.6) is 6.01 Å². The first-order valence-electron chi connectivity index (χ1n) is 15.8. The van der Waals surface area contributed by atoms with E-state index in [0.29, 0.717) is 24.2 Å². The topological polar surface area (TPSA) is 103 Å². The van der Waals surface area contributed by atoms with Crippen molar-refractivity contribution in [3.63, 3.8) is 0 Å². The monoisotopic (exact) mass is 667 g/mol. The van der Waals surface area contributed by atoms with E-state index in [4.69, 9.17) is 27.1 Å². The van der Waals surface area contributed by atoms with Gasteiger partial charge < -0.3 is 20.7 Å². The van der Waals surface area contributed by atoms with Gasteiger partial charge in [-0.1, -0.05) is 24.1 Å². The molecule has 13 heteroatoms. The van der Waals surface area contributed by atoms with Crippen LogP contribution in [0.4, 0.5) is 24.0 Å². The normalized spacial score (nSPS) is 24.3. The second-order valence-corrected chi connectivity index (χ2v) is 14.8. The fourth-order valence-corrected chi connectivity index (χ4v) is 9.43. The highest BCUT2D eigenvalue weighted by molar-refractivity contribution is 7.23. The highest BCUT2D eigenvalue weighted by Crippen LogP contribution is 2.47. The van der Waals surface area contributed by atoms with Gasteiger partial charge in [-0.2, -0.15) is 15.2 Å². The van der Waals surface area contributed by atoms with Crippen LogP contribution in [0.1, 0.15) is 44.1 Å². The molecule has 240 valence electrons. The van der Waals surface area contributed by atoms with Gasteiger partial charge in [0.15, 0.2) is 5.82 Å². The Morgan fingerprint density at radius 3 is 2.80 bits per heavy atom. The van der Waals surface area contributed by atoms with Gasteiger partial charge >= 0.3 is 6.01 Å². The maximum Gasteiger partial charge on any atom is 0.319 e. The molecule has 0 saturated carbocycles. The molecule has 4 aliphatic heterocycles. The molecule has 2 aromatic heterocycles. The lowest BCUT2D eigenvalue weighted by atomic mass is 9.77. The summed E-state index contributed by atoms with van der Waals surface area (Å²) in [6.45, 7) is 4.69. The number of hydrogen-bond acceptors (Lipinski definition) is 9. The fourth-order valence-electron chi connectivity index (χ4n) is 8.18. The van der Waals surface area contributed by atoms with Crippen molar-refractivity contribution in [3.8, 4) is 23.2 Å². The molecule has 0 amide bonds. The van der Waals surface area contributed by atoms with Crippen LogP contribution in [0.3, 0.4) is 0 Å². The van der Waals surface area contributed by atoms with Crippen molar-refractivity contribution >= 4 is 54.7 Å². The first-order chi connectivity index (χ1) is 22.2. The Balaban J connectivity index is 1.29. The molecule has 6 heterocycles. The standard InChI is InChI=1S/C33H33ClF3N7OS/c34-22-10-20-27(26(37)25(22)19-4-5-23(36)28-24(19)21(12-38)29(39)46-28)41-31(45-17-33-7-3-9-44(33)13-18(35)11-33)42-30(20)43-8-2-1-6-32(16-43)14-40-15-32/h4-5,10,18,40H,1-3,6-9,11,13-17,39H2/t18-,33+/m1/s1. The molecular formula is C33H33ClF3N7OS. The van der Waals surface area contributed by atoms with Crippen LogP contribution in [0.25, 0.3) is 32.1 Å². The lowest BCUT2D eigenvalue weighted by Gasteiger charge is -2.44. The van der Waals surface area contributed by atoms with Crippen molar-refractivity contribution in [2.75, 3.05) is 56.5 Å². The third kappa shape index (κ3) is 4.69. The quantitative estimate of drug-likeness (QED) is 0.251. The van der Waals surface area contributed by atoms with Gasteiger partial charge in [0.25, 0.3) is 0 Å². The second kappa shape index (κ2) is 11.1. The minimum atomic E-state index is -0.916. The number of nitriles is 1. The van der Waals surface area contributed by atoms with Crippen LogP contribution in [0, 0.1) is 28.4 Å². The molecule has 1 spiro atoms. The summed E-state index contributed by atoms with van der Waals surface area (Å²) in [5, 5.41) is 14.2. The van der Waals surface area contributed by atoms with Crippen LogP contribution in [-0.2, 0) is 0 Å². The van der Waals surface area contributed by atoms with Gasteiger partial charge in [-0.05, 0) is 49.9 Å². The summed E-state index contributed by atoms with van der Waals surface area (Å²) in [6, 6.07) is 6.37. The average molecular weight is 668 g/mol. The summed E-state index contributed by atoms with van der Waals surface area (Å²) in [4.78, 5) is 13.8. The van der Waals surface area contributed by atoms with E-state index in [1.54, 1.807) is 6.07 Å². The molecular weight excluding hydrogens is 635 g/mol. The van der Waals surface area contributed by atoms with Crippen LogP contribution >= 0.6 is 22.9 Å². The molecule has 0 bridgehead atoms. The summed E-state index contributed by atoms with van der Waals surface area (Å²) in [5.74, 6) is -0.742. The molecule has 4 aromatic rings. The molecule has 8 rings (SSSR count). The first kappa shape index (κ1) is 30.0. The Bertz CT molecular complexity index is 1930. The fraction of sp³-hybridized carbons (Fsp3) is 0.485. The van der Waals surface area contributed by atoms with Gasteiger partial charge in [0.2, 0.25) is 0 Å². The molecule has 4 saturated heterocycles. The first-order valence-corrected chi connectivity index (χ1v) is 17.0. The predicted octanol–water partition coefficient (Wildman–Crippen LogP) is 6.43.